The van der Waals surface area contributed by atoms with Crippen LogP contribution in [0.3, 0.4) is 0 Å². The summed E-state index contributed by atoms with van der Waals surface area (Å²) in [6.07, 6.45) is 6.53. The van der Waals surface area contributed by atoms with Crippen molar-refractivity contribution in [2.24, 2.45) is 0 Å². The zero-order chi connectivity index (χ0) is 5.11. The lowest BCUT2D eigenvalue weighted by Gasteiger charge is -2.11. The molecule has 0 aliphatic carbocycles. The molecule has 0 saturated heterocycles. The molecular weight excluding hydrogens is 154 g/mol. The number of allylic oxidation sites excluding steroid dienone is 1. The monoisotopic (exact) mass is 161 g/mol. The summed E-state index contributed by atoms with van der Waals surface area (Å²) in [5.74, 6) is 0. The molecule has 0 amide bonds. The van der Waals surface area contributed by atoms with Gasteiger partial charge in [0.2, 0.25) is 0 Å². The quantitative estimate of drug-likeness (QED) is 0.421. The molecule has 1 nitrogen and oxygen atoms in total. The topological polar surface area (TPSA) is 12.0 Å². The van der Waals surface area contributed by atoms with Crippen molar-refractivity contribution in [2.45, 2.75) is 17.8 Å². The standard InChI is InChI=1S/C5H8BrN/c6-5-3-1-2-4-7-5/h2,4-5,7H,1,3H2. The average Bonchev–Trinajstić information content (AvgIpc) is 1.69. The fourth-order valence-corrected chi connectivity index (χ4v) is 0.999. The van der Waals surface area contributed by atoms with E-state index in [2.05, 4.69) is 27.3 Å². The SMILES string of the molecule is BrC1CCC=CN1. The fraction of sp³-hybridized carbons (Fsp3) is 0.600. The Bertz CT molecular complexity index is 80.1. The zero-order valence-corrected chi connectivity index (χ0v) is 5.61. The lowest BCUT2D eigenvalue weighted by Crippen LogP contribution is -2.19. The molecule has 1 rings (SSSR count). The third kappa shape index (κ3) is 1.51. The van der Waals surface area contributed by atoms with Gasteiger partial charge in [-0.05, 0) is 19.0 Å². The molecular formula is C5H8BrN. The van der Waals surface area contributed by atoms with Gasteiger partial charge in [-0.1, -0.05) is 22.0 Å². The third-order valence-electron chi connectivity index (χ3n) is 0.982. The predicted octanol–water partition coefficient (Wildman–Crippen LogP) is 1.60. The molecule has 2 heteroatoms. The van der Waals surface area contributed by atoms with E-state index in [1.54, 1.807) is 0 Å². The fourth-order valence-electron chi connectivity index (χ4n) is 0.582. The van der Waals surface area contributed by atoms with Gasteiger partial charge in [-0.2, -0.15) is 0 Å². The summed E-state index contributed by atoms with van der Waals surface area (Å²) < 4.78 is 0. The van der Waals surface area contributed by atoms with Crippen LogP contribution >= 0.6 is 15.9 Å². The second-order valence-corrected chi connectivity index (χ2v) is 2.72. The largest absolute Gasteiger partial charge is 0.379 e. The van der Waals surface area contributed by atoms with Crippen molar-refractivity contribution >= 4 is 15.9 Å². The third-order valence-corrected chi connectivity index (χ3v) is 1.70. The van der Waals surface area contributed by atoms with E-state index in [4.69, 9.17) is 0 Å². The van der Waals surface area contributed by atoms with Crippen molar-refractivity contribution < 1.29 is 0 Å². The minimum Gasteiger partial charge on any atom is -0.379 e. The van der Waals surface area contributed by atoms with Gasteiger partial charge in [0.1, 0.15) is 0 Å². The van der Waals surface area contributed by atoms with E-state index in [1.165, 1.54) is 12.8 Å². The van der Waals surface area contributed by atoms with E-state index in [-0.39, 0.29) is 0 Å². The number of hydrogen-bond acceptors (Lipinski definition) is 1. The first-order valence-corrected chi connectivity index (χ1v) is 3.36. The highest BCUT2D eigenvalue weighted by molar-refractivity contribution is 9.09. The second kappa shape index (κ2) is 2.36. The molecule has 0 radical (unpaired) electrons. The van der Waals surface area contributed by atoms with Crippen molar-refractivity contribution in [1.82, 2.24) is 5.32 Å². The van der Waals surface area contributed by atoms with Gasteiger partial charge < -0.3 is 5.32 Å². The second-order valence-electron chi connectivity index (χ2n) is 1.61. The molecule has 1 unspecified atom stereocenters. The van der Waals surface area contributed by atoms with Crippen LogP contribution in [0.15, 0.2) is 12.3 Å². The summed E-state index contributed by atoms with van der Waals surface area (Å²) in [6.45, 7) is 0. The highest BCUT2D eigenvalue weighted by Crippen LogP contribution is 2.08. The van der Waals surface area contributed by atoms with Crippen LogP contribution in [0, 0.1) is 0 Å². The average molecular weight is 162 g/mol. The van der Waals surface area contributed by atoms with Crippen LogP contribution in [0.4, 0.5) is 0 Å². The van der Waals surface area contributed by atoms with E-state index < -0.39 is 0 Å². The minimum absolute atomic E-state index is 0.512. The van der Waals surface area contributed by atoms with Crippen LogP contribution in [0.2, 0.25) is 0 Å². The summed E-state index contributed by atoms with van der Waals surface area (Å²) >= 11 is 3.43. The molecule has 1 heterocycles. The van der Waals surface area contributed by atoms with Crippen LogP contribution in [0.1, 0.15) is 12.8 Å². The van der Waals surface area contributed by atoms with Crippen molar-refractivity contribution in [1.29, 1.82) is 0 Å². The molecule has 0 aromatic heterocycles. The molecule has 40 valence electrons. The van der Waals surface area contributed by atoms with Gasteiger partial charge in [0.05, 0.1) is 4.95 Å². The Morgan fingerprint density at radius 3 is 2.86 bits per heavy atom. The number of alkyl halides is 1. The molecule has 0 aromatic rings. The molecule has 0 bridgehead atoms. The van der Waals surface area contributed by atoms with Gasteiger partial charge >= 0.3 is 0 Å². The van der Waals surface area contributed by atoms with E-state index in [1.807, 2.05) is 6.20 Å². The Morgan fingerprint density at radius 1 is 1.71 bits per heavy atom. The van der Waals surface area contributed by atoms with Gasteiger partial charge in [0.25, 0.3) is 0 Å². The van der Waals surface area contributed by atoms with Crippen LogP contribution in [0.25, 0.3) is 0 Å². The molecule has 1 atom stereocenters. The van der Waals surface area contributed by atoms with Crippen LogP contribution in [0.5, 0.6) is 0 Å². The van der Waals surface area contributed by atoms with Gasteiger partial charge in [-0.15, -0.1) is 0 Å². The summed E-state index contributed by atoms with van der Waals surface area (Å²) in [5, 5.41) is 3.12. The summed E-state index contributed by atoms with van der Waals surface area (Å²) in [5.41, 5.74) is 0. The first-order chi connectivity index (χ1) is 3.39. The maximum absolute atomic E-state index is 3.43. The van der Waals surface area contributed by atoms with Gasteiger partial charge in [0.15, 0.2) is 0 Å². The molecule has 1 aliphatic heterocycles. The van der Waals surface area contributed by atoms with Crippen LogP contribution in [-0.4, -0.2) is 4.95 Å². The summed E-state index contributed by atoms with van der Waals surface area (Å²) in [7, 11) is 0. The lowest BCUT2D eigenvalue weighted by atomic mass is 10.2. The Balaban J connectivity index is 2.32. The van der Waals surface area contributed by atoms with Crippen molar-refractivity contribution in [3.63, 3.8) is 0 Å². The number of halogens is 1. The van der Waals surface area contributed by atoms with Crippen LogP contribution in [-0.2, 0) is 0 Å². The van der Waals surface area contributed by atoms with E-state index in [9.17, 15) is 0 Å². The molecule has 1 aliphatic rings. The van der Waals surface area contributed by atoms with Gasteiger partial charge in [-0.25, -0.2) is 0 Å². The van der Waals surface area contributed by atoms with Crippen molar-refractivity contribution in [2.75, 3.05) is 0 Å². The number of rotatable bonds is 0. The first-order valence-electron chi connectivity index (χ1n) is 2.45. The predicted molar refractivity (Wildman–Crippen MR) is 34.2 cm³/mol. The van der Waals surface area contributed by atoms with Gasteiger partial charge in [0, 0.05) is 0 Å². The number of nitrogens with one attached hydrogen (secondary N) is 1. The van der Waals surface area contributed by atoms with E-state index >= 15 is 0 Å². The van der Waals surface area contributed by atoms with Crippen molar-refractivity contribution in [3.05, 3.63) is 12.3 Å². The Hall–Kier alpha value is 0.0200. The van der Waals surface area contributed by atoms with Gasteiger partial charge in [-0.3, -0.25) is 0 Å². The molecule has 0 fully saturated rings. The minimum atomic E-state index is 0.512. The smallest absolute Gasteiger partial charge is 0.0816 e. The van der Waals surface area contributed by atoms with E-state index in [0.717, 1.165) is 0 Å². The Morgan fingerprint density at radius 2 is 2.57 bits per heavy atom. The Kier molecular flexibility index (Phi) is 1.74. The summed E-state index contributed by atoms with van der Waals surface area (Å²) in [6, 6.07) is 0. The normalized spacial score (nSPS) is 29.6. The summed E-state index contributed by atoms with van der Waals surface area (Å²) in [4.78, 5) is 0.512. The molecule has 0 aromatic carbocycles. The molecule has 0 spiro atoms. The van der Waals surface area contributed by atoms with Crippen molar-refractivity contribution in [3.8, 4) is 0 Å². The highest BCUT2D eigenvalue weighted by atomic mass is 79.9. The first kappa shape index (κ1) is 5.16. The molecule has 1 N–H and O–H groups in total. The maximum atomic E-state index is 3.43. The van der Waals surface area contributed by atoms with E-state index in [0.29, 0.717) is 4.95 Å². The molecule has 7 heavy (non-hydrogen) atoms. The van der Waals surface area contributed by atoms with Crippen LogP contribution < -0.4 is 5.32 Å². The Labute approximate surface area is 51.9 Å². The molecule has 0 saturated carbocycles. The number of hydrogen-bond donors (Lipinski definition) is 1. The maximum Gasteiger partial charge on any atom is 0.0816 e. The lowest BCUT2D eigenvalue weighted by molar-refractivity contribution is 0.691. The highest BCUT2D eigenvalue weighted by Gasteiger charge is 2.00. The zero-order valence-electron chi connectivity index (χ0n) is 4.02.